The van der Waals surface area contributed by atoms with Crippen molar-refractivity contribution in [2.45, 2.75) is 24.8 Å². The maximum atomic E-state index is 12.4. The van der Waals surface area contributed by atoms with Gasteiger partial charge in [0.1, 0.15) is 0 Å². The molecule has 1 aliphatic heterocycles. The lowest BCUT2D eigenvalue weighted by Gasteiger charge is -2.35. The number of rotatable bonds is 5. The van der Waals surface area contributed by atoms with E-state index in [0.29, 0.717) is 31.7 Å². The van der Waals surface area contributed by atoms with Crippen LogP contribution in [-0.4, -0.2) is 60.9 Å². The fourth-order valence-corrected chi connectivity index (χ4v) is 3.81. The van der Waals surface area contributed by atoms with E-state index in [1.54, 1.807) is 26.0 Å². The lowest BCUT2D eigenvalue weighted by molar-refractivity contribution is 0.00588. The van der Waals surface area contributed by atoms with Gasteiger partial charge in [0, 0.05) is 31.7 Å². The lowest BCUT2D eigenvalue weighted by Crippen LogP contribution is -2.53. The molecule has 0 radical (unpaired) electrons. The zero-order chi connectivity index (χ0) is 15.6. The van der Waals surface area contributed by atoms with Crippen molar-refractivity contribution in [3.8, 4) is 0 Å². The molecule has 0 saturated carbocycles. The largest absolute Gasteiger partial charge is 0.389 e. The Morgan fingerprint density at radius 2 is 1.95 bits per heavy atom. The number of amides is 1. The molecule has 0 unspecified atom stereocenters. The standard InChI is InChI=1S/C14H20N2O4S/c1-3-16(4-2)21(19,20)13-7-5-6-11(8-13)14(18)15-9-12(17)10-15/h5-8,12,17H,3-4,9-10H2,1-2H3. The molecule has 1 aliphatic rings. The number of likely N-dealkylation sites (tertiary alicyclic amines) is 1. The first-order valence-corrected chi connectivity index (χ1v) is 8.41. The summed E-state index contributed by atoms with van der Waals surface area (Å²) in [6.07, 6.45) is -0.475. The molecular formula is C14H20N2O4S. The Balaban J connectivity index is 2.27. The van der Waals surface area contributed by atoms with Crippen LogP contribution in [0.1, 0.15) is 24.2 Å². The monoisotopic (exact) mass is 312 g/mol. The zero-order valence-corrected chi connectivity index (χ0v) is 13.0. The molecule has 0 atom stereocenters. The van der Waals surface area contributed by atoms with Crippen molar-refractivity contribution in [3.63, 3.8) is 0 Å². The third-order valence-corrected chi connectivity index (χ3v) is 5.62. The van der Waals surface area contributed by atoms with E-state index in [-0.39, 0.29) is 10.8 Å². The molecule has 0 bridgehead atoms. The van der Waals surface area contributed by atoms with Crippen molar-refractivity contribution < 1.29 is 18.3 Å². The second kappa shape index (κ2) is 6.13. The Bertz CT molecular complexity index is 620. The molecule has 21 heavy (non-hydrogen) atoms. The fourth-order valence-electron chi connectivity index (χ4n) is 2.31. The molecule has 1 fully saturated rings. The Morgan fingerprint density at radius 1 is 1.33 bits per heavy atom. The summed E-state index contributed by atoms with van der Waals surface area (Å²) in [7, 11) is -3.57. The first kappa shape index (κ1) is 15.9. The Kier molecular flexibility index (Phi) is 4.65. The number of carbonyl (C=O) groups is 1. The third-order valence-electron chi connectivity index (χ3n) is 3.57. The molecule has 2 rings (SSSR count). The van der Waals surface area contributed by atoms with Gasteiger partial charge in [-0.2, -0.15) is 4.31 Å². The van der Waals surface area contributed by atoms with Gasteiger partial charge in [0.15, 0.2) is 0 Å². The van der Waals surface area contributed by atoms with Crippen LogP contribution in [0.3, 0.4) is 0 Å². The van der Waals surface area contributed by atoms with E-state index in [4.69, 9.17) is 0 Å². The maximum Gasteiger partial charge on any atom is 0.254 e. The van der Waals surface area contributed by atoms with Crippen molar-refractivity contribution in [3.05, 3.63) is 29.8 Å². The average molecular weight is 312 g/mol. The van der Waals surface area contributed by atoms with Crippen LogP contribution in [0.25, 0.3) is 0 Å². The van der Waals surface area contributed by atoms with E-state index in [1.807, 2.05) is 0 Å². The fraction of sp³-hybridized carbons (Fsp3) is 0.500. The Morgan fingerprint density at radius 3 is 2.48 bits per heavy atom. The van der Waals surface area contributed by atoms with Gasteiger partial charge in [-0.1, -0.05) is 19.9 Å². The molecule has 0 aliphatic carbocycles. The Labute approximate surface area is 125 Å². The number of aliphatic hydroxyl groups is 1. The second-order valence-corrected chi connectivity index (χ2v) is 6.92. The van der Waals surface area contributed by atoms with Gasteiger partial charge < -0.3 is 10.0 Å². The number of benzene rings is 1. The van der Waals surface area contributed by atoms with Gasteiger partial charge in [0.2, 0.25) is 10.0 Å². The van der Waals surface area contributed by atoms with Crippen LogP contribution < -0.4 is 0 Å². The summed E-state index contributed by atoms with van der Waals surface area (Å²) in [5.41, 5.74) is 0.329. The minimum atomic E-state index is -3.57. The molecule has 1 saturated heterocycles. The van der Waals surface area contributed by atoms with Gasteiger partial charge in [-0.15, -0.1) is 0 Å². The summed E-state index contributed by atoms with van der Waals surface area (Å²) < 4.78 is 26.2. The smallest absolute Gasteiger partial charge is 0.254 e. The quantitative estimate of drug-likeness (QED) is 0.860. The van der Waals surface area contributed by atoms with Crippen LogP contribution in [0.5, 0.6) is 0 Å². The summed E-state index contributed by atoms with van der Waals surface area (Å²) in [4.78, 5) is 13.8. The van der Waals surface area contributed by atoms with Gasteiger partial charge in [-0.05, 0) is 18.2 Å². The summed E-state index contributed by atoms with van der Waals surface area (Å²) in [6, 6.07) is 6.06. The van der Waals surface area contributed by atoms with Crippen molar-refractivity contribution in [2.24, 2.45) is 0 Å². The highest BCUT2D eigenvalue weighted by atomic mass is 32.2. The lowest BCUT2D eigenvalue weighted by atomic mass is 10.1. The topological polar surface area (TPSA) is 77.9 Å². The van der Waals surface area contributed by atoms with Crippen LogP contribution in [0.4, 0.5) is 0 Å². The van der Waals surface area contributed by atoms with Crippen LogP contribution in [-0.2, 0) is 10.0 Å². The SMILES string of the molecule is CCN(CC)S(=O)(=O)c1cccc(C(=O)N2CC(O)C2)c1. The summed E-state index contributed by atoms with van der Waals surface area (Å²) in [5.74, 6) is -0.253. The van der Waals surface area contributed by atoms with Gasteiger partial charge in [0.25, 0.3) is 5.91 Å². The predicted octanol–water partition coefficient (Wildman–Crippen LogP) is 0.534. The number of nitrogens with zero attached hydrogens (tertiary/aromatic N) is 2. The highest BCUT2D eigenvalue weighted by Crippen LogP contribution is 2.19. The third kappa shape index (κ3) is 3.09. The molecule has 1 amide bonds. The second-order valence-electron chi connectivity index (χ2n) is 4.98. The first-order chi connectivity index (χ1) is 9.90. The molecule has 116 valence electrons. The minimum Gasteiger partial charge on any atom is -0.389 e. The molecular weight excluding hydrogens is 292 g/mol. The number of aliphatic hydroxyl groups excluding tert-OH is 1. The highest BCUT2D eigenvalue weighted by molar-refractivity contribution is 7.89. The summed E-state index contributed by atoms with van der Waals surface area (Å²) in [6.45, 7) is 4.91. The van der Waals surface area contributed by atoms with E-state index < -0.39 is 16.1 Å². The highest BCUT2D eigenvalue weighted by Gasteiger charge is 2.30. The molecule has 7 heteroatoms. The van der Waals surface area contributed by atoms with Crippen molar-refractivity contribution in [1.82, 2.24) is 9.21 Å². The summed E-state index contributed by atoms with van der Waals surface area (Å²) in [5, 5.41) is 9.24. The maximum absolute atomic E-state index is 12.4. The van der Waals surface area contributed by atoms with E-state index in [1.165, 1.54) is 21.3 Å². The van der Waals surface area contributed by atoms with Crippen LogP contribution in [0.15, 0.2) is 29.2 Å². The molecule has 1 aromatic carbocycles. The van der Waals surface area contributed by atoms with Crippen LogP contribution in [0, 0.1) is 0 Å². The molecule has 0 aromatic heterocycles. The molecule has 1 aromatic rings. The van der Waals surface area contributed by atoms with Crippen molar-refractivity contribution in [1.29, 1.82) is 0 Å². The van der Waals surface area contributed by atoms with Gasteiger partial charge in [-0.3, -0.25) is 4.79 Å². The van der Waals surface area contributed by atoms with E-state index >= 15 is 0 Å². The normalized spacial score (nSPS) is 16.1. The van der Waals surface area contributed by atoms with E-state index in [2.05, 4.69) is 0 Å². The molecule has 1 N–H and O–H groups in total. The number of sulfonamides is 1. The van der Waals surface area contributed by atoms with E-state index in [0.717, 1.165) is 0 Å². The number of carbonyl (C=O) groups excluding carboxylic acids is 1. The predicted molar refractivity (Wildman–Crippen MR) is 78.5 cm³/mol. The van der Waals surface area contributed by atoms with Crippen molar-refractivity contribution >= 4 is 15.9 Å². The Hall–Kier alpha value is -1.44. The number of β-amino-alcohol motifs (C(OH)–C–C–N with tert-alkyl or cyclic N) is 1. The van der Waals surface area contributed by atoms with Crippen molar-refractivity contribution in [2.75, 3.05) is 26.2 Å². The zero-order valence-electron chi connectivity index (χ0n) is 12.2. The average Bonchev–Trinajstić information content (AvgIpc) is 2.44. The number of hydrogen-bond acceptors (Lipinski definition) is 4. The van der Waals surface area contributed by atoms with E-state index in [9.17, 15) is 18.3 Å². The van der Waals surface area contributed by atoms with Crippen LogP contribution >= 0.6 is 0 Å². The minimum absolute atomic E-state index is 0.123. The van der Waals surface area contributed by atoms with Gasteiger partial charge in [-0.25, -0.2) is 8.42 Å². The van der Waals surface area contributed by atoms with Gasteiger partial charge in [0.05, 0.1) is 11.0 Å². The summed E-state index contributed by atoms with van der Waals surface area (Å²) >= 11 is 0. The van der Waals surface area contributed by atoms with Crippen LogP contribution in [0.2, 0.25) is 0 Å². The number of hydrogen-bond donors (Lipinski definition) is 1. The first-order valence-electron chi connectivity index (χ1n) is 6.97. The molecule has 6 nitrogen and oxygen atoms in total. The van der Waals surface area contributed by atoms with Gasteiger partial charge >= 0.3 is 0 Å². The molecule has 0 spiro atoms. The molecule has 1 heterocycles.